The second-order valence-electron chi connectivity index (χ2n) is 8.95. The van der Waals surface area contributed by atoms with Gasteiger partial charge in [0, 0.05) is 23.0 Å². The molecule has 0 amide bonds. The van der Waals surface area contributed by atoms with Crippen LogP contribution in [-0.2, 0) is 15.1 Å². The molecule has 1 fully saturated rings. The molecular weight excluding hydrogens is 520 g/mol. The number of nitrogens with zero attached hydrogens (tertiary/aromatic N) is 1. The summed E-state index contributed by atoms with van der Waals surface area (Å²) in [5.41, 5.74) is 1.76. The highest BCUT2D eigenvalue weighted by Crippen LogP contribution is 2.42. The standard InChI is InChI=1S/C29H27BrN2O4/c1-20-18-32(28(34)31-27(20)33)26-17-24(30)25(36-26)19-35-29(21-11-5-2-6-12-21,22-13-7-3-8-14-22)23-15-9-4-10-16-23/h2-16,18,24-26H,17,19H2,1H3,(H,31,33,34)/t24-,25-,26-/m0/s1. The van der Waals surface area contributed by atoms with Crippen LogP contribution in [0.4, 0.5) is 0 Å². The van der Waals surface area contributed by atoms with E-state index in [1.165, 1.54) is 4.57 Å². The molecule has 1 N–H and O–H groups in total. The van der Waals surface area contributed by atoms with Crippen molar-refractivity contribution in [1.82, 2.24) is 9.55 Å². The number of nitrogens with one attached hydrogen (secondary N) is 1. The molecule has 0 saturated carbocycles. The van der Waals surface area contributed by atoms with Gasteiger partial charge in [-0.1, -0.05) is 107 Å². The predicted octanol–water partition coefficient (Wildman–Crippen LogP) is 4.90. The smallest absolute Gasteiger partial charge is 0.330 e. The summed E-state index contributed by atoms with van der Waals surface area (Å²) >= 11 is 3.74. The van der Waals surface area contributed by atoms with Gasteiger partial charge in [0.2, 0.25) is 0 Å². The number of hydrogen-bond acceptors (Lipinski definition) is 4. The molecule has 7 heteroatoms. The van der Waals surface area contributed by atoms with E-state index in [2.05, 4.69) is 57.3 Å². The van der Waals surface area contributed by atoms with E-state index in [-0.39, 0.29) is 23.1 Å². The van der Waals surface area contributed by atoms with Crippen molar-refractivity contribution in [2.45, 2.75) is 36.1 Å². The highest BCUT2D eigenvalue weighted by atomic mass is 79.9. The van der Waals surface area contributed by atoms with Crippen LogP contribution >= 0.6 is 15.9 Å². The highest BCUT2D eigenvalue weighted by Gasteiger charge is 2.41. The normalized spacial score (nSPS) is 19.9. The van der Waals surface area contributed by atoms with Gasteiger partial charge in [-0.2, -0.15) is 0 Å². The van der Waals surface area contributed by atoms with Gasteiger partial charge in [-0.3, -0.25) is 14.3 Å². The lowest BCUT2D eigenvalue weighted by atomic mass is 9.80. The average molecular weight is 547 g/mol. The number of rotatable bonds is 7. The largest absolute Gasteiger partial charge is 0.358 e. The molecule has 36 heavy (non-hydrogen) atoms. The molecule has 1 aromatic heterocycles. The van der Waals surface area contributed by atoms with Crippen molar-refractivity contribution in [3.8, 4) is 0 Å². The zero-order chi connectivity index (χ0) is 25.1. The lowest BCUT2D eigenvalue weighted by Gasteiger charge is -2.37. The number of aromatic nitrogens is 2. The topological polar surface area (TPSA) is 73.3 Å². The van der Waals surface area contributed by atoms with E-state index >= 15 is 0 Å². The van der Waals surface area contributed by atoms with Crippen molar-refractivity contribution in [3.05, 3.63) is 140 Å². The maximum Gasteiger partial charge on any atom is 0.330 e. The van der Waals surface area contributed by atoms with Gasteiger partial charge < -0.3 is 9.47 Å². The van der Waals surface area contributed by atoms with Crippen molar-refractivity contribution >= 4 is 15.9 Å². The number of aryl methyl sites for hydroxylation is 1. The van der Waals surface area contributed by atoms with Crippen molar-refractivity contribution in [1.29, 1.82) is 0 Å². The Kier molecular flexibility index (Phi) is 7.05. The molecule has 1 aliphatic rings. The summed E-state index contributed by atoms with van der Waals surface area (Å²) in [6, 6.07) is 30.5. The van der Waals surface area contributed by atoms with E-state index in [1.807, 2.05) is 54.6 Å². The van der Waals surface area contributed by atoms with E-state index in [0.717, 1.165) is 16.7 Å². The third kappa shape index (κ3) is 4.62. The van der Waals surface area contributed by atoms with Gasteiger partial charge >= 0.3 is 5.69 Å². The van der Waals surface area contributed by atoms with Crippen molar-refractivity contribution < 1.29 is 9.47 Å². The lowest BCUT2D eigenvalue weighted by molar-refractivity contribution is -0.0763. The molecule has 0 unspecified atom stereocenters. The molecule has 1 aliphatic heterocycles. The molecule has 0 aliphatic carbocycles. The summed E-state index contributed by atoms with van der Waals surface area (Å²) in [6.07, 6.45) is 1.29. The molecule has 6 nitrogen and oxygen atoms in total. The van der Waals surface area contributed by atoms with Gasteiger partial charge in [-0.15, -0.1) is 0 Å². The van der Waals surface area contributed by atoms with Crippen molar-refractivity contribution in [2.75, 3.05) is 6.61 Å². The second kappa shape index (κ2) is 10.4. The molecule has 0 spiro atoms. The van der Waals surface area contributed by atoms with E-state index in [4.69, 9.17) is 9.47 Å². The zero-order valence-electron chi connectivity index (χ0n) is 19.8. The fourth-order valence-electron chi connectivity index (χ4n) is 4.79. The van der Waals surface area contributed by atoms with E-state index in [0.29, 0.717) is 12.0 Å². The molecule has 5 rings (SSSR count). The van der Waals surface area contributed by atoms with Crippen LogP contribution < -0.4 is 11.2 Å². The summed E-state index contributed by atoms with van der Waals surface area (Å²) in [5, 5.41) is 0. The van der Waals surface area contributed by atoms with Crippen LogP contribution in [0, 0.1) is 6.92 Å². The third-order valence-electron chi connectivity index (χ3n) is 6.62. The van der Waals surface area contributed by atoms with Gasteiger partial charge in [0.15, 0.2) is 0 Å². The highest BCUT2D eigenvalue weighted by molar-refractivity contribution is 9.09. The summed E-state index contributed by atoms with van der Waals surface area (Å²) in [6.45, 7) is 1.95. The van der Waals surface area contributed by atoms with Gasteiger partial charge in [0.1, 0.15) is 11.8 Å². The first kappa shape index (κ1) is 24.4. The molecule has 0 radical (unpaired) electrons. The Morgan fingerprint density at radius 2 is 1.42 bits per heavy atom. The fraction of sp³-hybridized carbons (Fsp3) is 0.241. The Morgan fingerprint density at radius 3 is 1.92 bits per heavy atom. The Morgan fingerprint density at radius 1 is 0.917 bits per heavy atom. The molecule has 2 heterocycles. The minimum absolute atomic E-state index is 0.0401. The number of benzene rings is 3. The van der Waals surface area contributed by atoms with Crippen LogP contribution in [0.3, 0.4) is 0 Å². The van der Waals surface area contributed by atoms with Crippen LogP contribution in [0.1, 0.15) is 34.9 Å². The fourth-order valence-corrected chi connectivity index (χ4v) is 5.38. The predicted molar refractivity (Wildman–Crippen MR) is 142 cm³/mol. The molecule has 3 atom stereocenters. The molecule has 1 saturated heterocycles. The lowest BCUT2D eigenvalue weighted by Crippen LogP contribution is -2.37. The number of H-pyrrole nitrogens is 1. The second-order valence-corrected chi connectivity index (χ2v) is 10.1. The molecular formula is C29H27BrN2O4. The molecule has 0 bridgehead atoms. The average Bonchev–Trinajstić information content (AvgIpc) is 3.28. The maximum atomic E-state index is 12.4. The molecule has 184 valence electrons. The van der Waals surface area contributed by atoms with Crippen LogP contribution in [0.2, 0.25) is 0 Å². The van der Waals surface area contributed by atoms with Crippen LogP contribution in [-0.4, -0.2) is 27.1 Å². The van der Waals surface area contributed by atoms with Gasteiger partial charge in [0.25, 0.3) is 5.56 Å². The Bertz CT molecular complexity index is 1320. The monoisotopic (exact) mass is 546 g/mol. The number of hydrogen-bond donors (Lipinski definition) is 1. The zero-order valence-corrected chi connectivity index (χ0v) is 21.4. The number of alkyl halides is 1. The summed E-state index contributed by atoms with van der Waals surface area (Å²) in [4.78, 5) is 26.6. The van der Waals surface area contributed by atoms with E-state index in [9.17, 15) is 9.59 Å². The Labute approximate surface area is 217 Å². The minimum Gasteiger partial charge on any atom is -0.358 e. The molecule has 4 aromatic rings. The number of halogens is 1. The third-order valence-corrected chi connectivity index (χ3v) is 7.59. The summed E-state index contributed by atoms with van der Waals surface area (Å²) < 4.78 is 14.7. The van der Waals surface area contributed by atoms with E-state index in [1.54, 1.807) is 13.1 Å². The first-order chi connectivity index (χ1) is 17.5. The van der Waals surface area contributed by atoms with Crippen LogP contribution in [0.5, 0.6) is 0 Å². The summed E-state index contributed by atoms with van der Waals surface area (Å²) in [5.74, 6) is 0. The first-order valence-electron chi connectivity index (χ1n) is 11.9. The molecule has 3 aromatic carbocycles. The van der Waals surface area contributed by atoms with Crippen LogP contribution in [0.15, 0.2) is 107 Å². The minimum atomic E-state index is -0.858. The Hall–Kier alpha value is -3.26. The Balaban J connectivity index is 1.50. The quantitative estimate of drug-likeness (QED) is 0.264. The maximum absolute atomic E-state index is 12.4. The van der Waals surface area contributed by atoms with Gasteiger partial charge in [-0.05, 0) is 23.6 Å². The number of ether oxygens (including phenoxy) is 2. The van der Waals surface area contributed by atoms with Gasteiger partial charge in [-0.25, -0.2) is 4.79 Å². The summed E-state index contributed by atoms with van der Waals surface area (Å²) in [7, 11) is 0. The van der Waals surface area contributed by atoms with Crippen molar-refractivity contribution in [2.24, 2.45) is 0 Å². The van der Waals surface area contributed by atoms with Gasteiger partial charge in [0.05, 0.1) is 12.7 Å². The van der Waals surface area contributed by atoms with Crippen LogP contribution in [0.25, 0.3) is 0 Å². The van der Waals surface area contributed by atoms with E-state index < -0.39 is 17.5 Å². The van der Waals surface area contributed by atoms with Crippen molar-refractivity contribution in [3.63, 3.8) is 0 Å². The number of aromatic amines is 1. The first-order valence-corrected chi connectivity index (χ1v) is 12.8. The SMILES string of the molecule is Cc1cn([C@@H]2C[C@H](Br)[C@H](COC(c3ccccc3)(c3ccccc3)c3ccccc3)O2)c(=O)[nH]c1=O.